The second-order valence-corrected chi connectivity index (χ2v) is 8.62. The molecule has 1 N–H and O–H groups in total. The molecule has 1 fully saturated rings. The van der Waals surface area contributed by atoms with E-state index in [4.69, 9.17) is 4.74 Å². The lowest BCUT2D eigenvalue weighted by Gasteiger charge is -2.24. The minimum Gasteiger partial charge on any atom is -0.454 e. The maximum Gasteiger partial charge on any atom is 0.329 e. The normalized spacial score (nSPS) is 20.3. The van der Waals surface area contributed by atoms with Crippen molar-refractivity contribution in [3.8, 4) is 0 Å². The van der Waals surface area contributed by atoms with Crippen LogP contribution in [0.2, 0.25) is 0 Å². The second kappa shape index (κ2) is 7.67. The van der Waals surface area contributed by atoms with Gasteiger partial charge in [-0.05, 0) is 30.9 Å². The number of amidine groups is 1. The maximum atomic E-state index is 12.5. The van der Waals surface area contributed by atoms with Gasteiger partial charge in [0, 0.05) is 18.7 Å². The SMILES string of the molecule is CC(C)CNC(=O)COC(=O)[C@@H]1CCCN1C1=NS(=O)(=O)c2ccccc21. The number of ether oxygens (including phenoxy) is 1. The molecular weight excluding hydrogens is 370 g/mol. The van der Waals surface area contributed by atoms with Crippen LogP contribution in [0.3, 0.4) is 0 Å². The van der Waals surface area contributed by atoms with Crippen molar-refractivity contribution >= 4 is 27.7 Å². The Labute approximate surface area is 158 Å². The largest absolute Gasteiger partial charge is 0.454 e. The molecule has 0 aliphatic carbocycles. The molecule has 1 aromatic rings. The molecule has 0 aromatic heterocycles. The summed E-state index contributed by atoms with van der Waals surface area (Å²) in [7, 11) is -3.75. The minimum absolute atomic E-state index is 0.145. The van der Waals surface area contributed by atoms with Gasteiger partial charge in [0.1, 0.15) is 10.9 Å². The summed E-state index contributed by atoms with van der Waals surface area (Å²) in [5.74, 6) is -0.323. The third-order valence-corrected chi connectivity index (χ3v) is 5.79. The number of sulfonamides is 1. The molecule has 27 heavy (non-hydrogen) atoms. The number of nitrogens with zero attached hydrogens (tertiary/aromatic N) is 2. The highest BCUT2D eigenvalue weighted by Crippen LogP contribution is 2.31. The summed E-state index contributed by atoms with van der Waals surface area (Å²) in [5, 5.41) is 2.69. The zero-order valence-corrected chi connectivity index (χ0v) is 16.2. The number of hydrogen-bond acceptors (Lipinski definition) is 6. The summed E-state index contributed by atoms with van der Waals surface area (Å²) in [6, 6.07) is 5.91. The average molecular weight is 393 g/mol. The number of fused-ring (bicyclic) bond motifs is 1. The molecule has 2 aliphatic rings. The zero-order valence-electron chi connectivity index (χ0n) is 15.3. The van der Waals surface area contributed by atoms with Crippen LogP contribution in [0.4, 0.5) is 0 Å². The fourth-order valence-corrected chi connectivity index (χ4v) is 4.38. The molecule has 1 amide bonds. The van der Waals surface area contributed by atoms with Crippen molar-refractivity contribution in [1.82, 2.24) is 10.2 Å². The molecule has 2 aliphatic heterocycles. The van der Waals surface area contributed by atoms with E-state index in [2.05, 4.69) is 9.71 Å². The molecule has 0 saturated carbocycles. The highest BCUT2D eigenvalue weighted by Gasteiger charge is 2.40. The molecule has 3 rings (SSSR count). The molecule has 1 atom stereocenters. The third-order valence-electron chi connectivity index (χ3n) is 4.46. The van der Waals surface area contributed by atoms with E-state index in [-0.39, 0.29) is 23.2 Å². The van der Waals surface area contributed by atoms with Crippen LogP contribution >= 0.6 is 0 Å². The number of rotatable bonds is 5. The number of benzene rings is 1. The van der Waals surface area contributed by atoms with Crippen LogP contribution in [-0.4, -0.2) is 56.8 Å². The van der Waals surface area contributed by atoms with Crippen molar-refractivity contribution in [3.05, 3.63) is 29.8 Å². The Morgan fingerprint density at radius 2 is 2.07 bits per heavy atom. The zero-order chi connectivity index (χ0) is 19.6. The van der Waals surface area contributed by atoms with Crippen molar-refractivity contribution in [2.75, 3.05) is 19.7 Å². The Balaban J connectivity index is 1.69. The lowest BCUT2D eigenvalue weighted by Crippen LogP contribution is -2.42. The van der Waals surface area contributed by atoms with E-state index < -0.39 is 22.0 Å². The molecule has 9 heteroatoms. The van der Waals surface area contributed by atoms with Crippen LogP contribution in [0.15, 0.2) is 33.6 Å². The van der Waals surface area contributed by atoms with Crippen molar-refractivity contribution in [2.24, 2.45) is 10.3 Å². The van der Waals surface area contributed by atoms with Gasteiger partial charge in [-0.3, -0.25) is 4.79 Å². The van der Waals surface area contributed by atoms with E-state index in [1.54, 1.807) is 23.1 Å². The molecule has 0 unspecified atom stereocenters. The molecule has 2 heterocycles. The summed E-state index contributed by atoms with van der Waals surface area (Å²) in [4.78, 5) is 26.0. The first-order valence-corrected chi connectivity index (χ1v) is 10.4. The van der Waals surface area contributed by atoms with Crippen LogP contribution in [0.5, 0.6) is 0 Å². The highest BCUT2D eigenvalue weighted by molar-refractivity contribution is 7.90. The van der Waals surface area contributed by atoms with Gasteiger partial charge in [-0.25, -0.2) is 4.79 Å². The van der Waals surface area contributed by atoms with E-state index in [1.807, 2.05) is 13.8 Å². The Morgan fingerprint density at radius 1 is 1.33 bits per heavy atom. The topological polar surface area (TPSA) is 105 Å². The fraction of sp³-hybridized carbons (Fsp3) is 0.500. The van der Waals surface area contributed by atoms with Crippen LogP contribution in [0.25, 0.3) is 0 Å². The van der Waals surface area contributed by atoms with Crippen LogP contribution in [-0.2, 0) is 24.3 Å². The highest BCUT2D eigenvalue weighted by atomic mass is 32.2. The average Bonchev–Trinajstić information content (AvgIpc) is 3.21. The first-order chi connectivity index (χ1) is 12.8. The molecule has 1 aromatic carbocycles. The first kappa shape index (κ1) is 19.3. The van der Waals surface area contributed by atoms with Crippen LogP contribution in [0, 0.1) is 5.92 Å². The number of likely N-dealkylation sites (tertiary alicyclic amines) is 1. The predicted molar refractivity (Wildman–Crippen MR) is 98.7 cm³/mol. The first-order valence-electron chi connectivity index (χ1n) is 8.94. The molecular formula is C18H23N3O5S. The van der Waals surface area contributed by atoms with Gasteiger partial charge in [0.25, 0.3) is 15.9 Å². The summed E-state index contributed by atoms with van der Waals surface area (Å²) in [6.07, 6.45) is 1.23. The molecule has 0 spiro atoms. The number of nitrogens with one attached hydrogen (secondary N) is 1. The second-order valence-electron chi connectivity index (χ2n) is 7.04. The summed E-state index contributed by atoms with van der Waals surface area (Å²) in [5.41, 5.74) is 0.492. The molecule has 0 bridgehead atoms. The van der Waals surface area contributed by atoms with Gasteiger partial charge in [0.15, 0.2) is 12.4 Å². The molecule has 146 valence electrons. The van der Waals surface area contributed by atoms with E-state index in [1.165, 1.54) is 6.07 Å². The monoisotopic (exact) mass is 393 g/mol. The van der Waals surface area contributed by atoms with Crippen LogP contribution < -0.4 is 5.32 Å². The Kier molecular flexibility index (Phi) is 5.50. The number of hydrogen-bond donors (Lipinski definition) is 1. The standard InChI is InChI=1S/C18H23N3O5S/c1-12(2)10-19-16(22)11-26-18(23)14-7-5-9-21(14)17-13-6-3-4-8-15(13)27(24,25)20-17/h3-4,6,8,12,14H,5,7,9-11H2,1-2H3,(H,19,22)/t14-/m0/s1. The summed E-state index contributed by atoms with van der Waals surface area (Å²) < 4.78 is 33.5. The minimum atomic E-state index is -3.75. The van der Waals surface area contributed by atoms with Gasteiger partial charge < -0.3 is 15.0 Å². The van der Waals surface area contributed by atoms with E-state index in [9.17, 15) is 18.0 Å². The van der Waals surface area contributed by atoms with Gasteiger partial charge in [-0.15, -0.1) is 4.40 Å². The van der Waals surface area contributed by atoms with Crippen molar-refractivity contribution < 1.29 is 22.7 Å². The molecule has 8 nitrogen and oxygen atoms in total. The van der Waals surface area contributed by atoms with Gasteiger partial charge in [0.05, 0.1) is 0 Å². The van der Waals surface area contributed by atoms with Gasteiger partial charge in [0.2, 0.25) is 0 Å². The van der Waals surface area contributed by atoms with E-state index in [0.717, 1.165) is 0 Å². The lowest BCUT2D eigenvalue weighted by molar-refractivity contribution is -0.151. The molecule has 0 radical (unpaired) electrons. The van der Waals surface area contributed by atoms with E-state index >= 15 is 0 Å². The Morgan fingerprint density at radius 3 is 2.81 bits per heavy atom. The van der Waals surface area contributed by atoms with Crippen molar-refractivity contribution in [1.29, 1.82) is 0 Å². The van der Waals surface area contributed by atoms with Gasteiger partial charge >= 0.3 is 5.97 Å². The van der Waals surface area contributed by atoms with Crippen molar-refractivity contribution in [3.63, 3.8) is 0 Å². The Hall–Kier alpha value is -2.42. The van der Waals surface area contributed by atoms with Gasteiger partial charge in [-0.1, -0.05) is 26.0 Å². The lowest BCUT2D eigenvalue weighted by atomic mass is 10.1. The number of carbonyl (C=O) groups is 2. The summed E-state index contributed by atoms with van der Waals surface area (Å²) >= 11 is 0. The Bertz CT molecular complexity index is 879. The molecule has 1 saturated heterocycles. The fourth-order valence-electron chi connectivity index (χ4n) is 3.16. The van der Waals surface area contributed by atoms with Crippen molar-refractivity contribution in [2.45, 2.75) is 37.6 Å². The summed E-state index contributed by atoms with van der Waals surface area (Å²) in [6.45, 7) is 4.60. The van der Waals surface area contributed by atoms with Crippen LogP contribution in [0.1, 0.15) is 32.3 Å². The smallest absolute Gasteiger partial charge is 0.329 e. The maximum absolute atomic E-state index is 12.5. The number of carbonyl (C=O) groups excluding carboxylic acids is 2. The quantitative estimate of drug-likeness (QED) is 0.746. The number of esters is 1. The predicted octanol–water partition coefficient (Wildman–Crippen LogP) is 0.915. The van der Waals surface area contributed by atoms with Gasteiger partial charge in [-0.2, -0.15) is 8.42 Å². The third kappa shape index (κ3) is 4.13. The van der Waals surface area contributed by atoms with E-state index in [0.29, 0.717) is 37.4 Å². The number of amides is 1.